The number of unbranched alkanes of at least 4 members (excludes halogenated alkanes) is 1. The second kappa shape index (κ2) is 12.0. The van der Waals surface area contributed by atoms with Crippen LogP contribution >= 0.6 is 0 Å². The number of allylic oxidation sites excluding steroid dienone is 1. The summed E-state index contributed by atoms with van der Waals surface area (Å²) in [6, 6.07) is 15.2. The summed E-state index contributed by atoms with van der Waals surface area (Å²) in [5.41, 5.74) is 8.15. The Hall–Kier alpha value is -3.46. The third-order valence-electron chi connectivity index (χ3n) is 7.25. The molecule has 6 nitrogen and oxygen atoms in total. The molecule has 0 bridgehead atoms. The predicted molar refractivity (Wildman–Crippen MR) is 139 cm³/mol. The minimum atomic E-state index is -0.435. The summed E-state index contributed by atoms with van der Waals surface area (Å²) in [5.74, 6) is 1.72. The van der Waals surface area contributed by atoms with E-state index in [1.807, 2.05) is 37.3 Å². The van der Waals surface area contributed by atoms with E-state index >= 15 is 0 Å². The summed E-state index contributed by atoms with van der Waals surface area (Å²) in [6.45, 7) is 4.84. The first-order valence-corrected chi connectivity index (χ1v) is 13.2. The number of hydrogen-bond donors (Lipinski definition) is 1. The molecule has 0 aromatic heterocycles. The van der Waals surface area contributed by atoms with Crippen molar-refractivity contribution in [1.29, 1.82) is 5.26 Å². The first-order valence-electron chi connectivity index (χ1n) is 13.2. The van der Waals surface area contributed by atoms with Gasteiger partial charge in [0.25, 0.3) is 0 Å². The molecule has 0 amide bonds. The number of para-hydroxylation sites is 1. The summed E-state index contributed by atoms with van der Waals surface area (Å²) in [7, 11) is 0. The zero-order valence-electron chi connectivity index (χ0n) is 21.3. The van der Waals surface area contributed by atoms with Gasteiger partial charge in [-0.1, -0.05) is 57.4 Å². The van der Waals surface area contributed by atoms with Gasteiger partial charge in [0.05, 0.1) is 18.4 Å². The third-order valence-corrected chi connectivity index (χ3v) is 7.25. The number of carbonyl (C=O) groups excluding carboxylic acids is 1. The number of nitrogens with zero attached hydrogens (tertiary/aromatic N) is 1. The molecule has 0 radical (unpaired) electrons. The number of ether oxygens (including phenoxy) is 3. The number of benzene rings is 2. The lowest BCUT2D eigenvalue weighted by molar-refractivity contribution is -0.140. The maximum absolute atomic E-state index is 12.9. The molecule has 6 heteroatoms. The van der Waals surface area contributed by atoms with Gasteiger partial charge in [-0.15, -0.1) is 0 Å². The Labute approximate surface area is 214 Å². The molecular weight excluding hydrogens is 452 g/mol. The molecule has 1 aliphatic carbocycles. The van der Waals surface area contributed by atoms with Crippen LogP contribution in [0.4, 0.5) is 0 Å². The van der Waals surface area contributed by atoms with Crippen LogP contribution < -0.4 is 19.9 Å². The molecule has 1 unspecified atom stereocenters. The Bertz CT molecular complexity index is 1140. The molecule has 1 fully saturated rings. The molecule has 2 aromatic rings. The van der Waals surface area contributed by atoms with Crippen molar-refractivity contribution in [3.8, 4) is 23.3 Å². The van der Waals surface area contributed by atoms with Crippen molar-refractivity contribution < 1.29 is 19.0 Å². The molecule has 1 saturated carbocycles. The Morgan fingerprint density at radius 3 is 2.58 bits per heavy atom. The van der Waals surface area contributed by atoms with Crippen LogP contribution in [0, 0.1) is 23.2 Å². The standard InChI is InChI=1S/C30H36N2O4/c1-3-5-8-20-11-13-21(14-12-20)30(33)35-22-15-16-24-27(18-22)36-29(32)25(19-31)28(24)23-9-6-7-10-26(23)34-17-4-2/h6-7,9-10,15-16,18,20-21,28H,3-5,8,11-14,17,32H2,1-2H3. The maximum Gasteiger partial charge on any atom is 0.314 e. The molecular formula is C30H36N2O4. The summed E-state index contributed by atoms with van der Waals surface area (Å²) < 4.78 is 17.6. The first-order chi connectivity index (χ1) is 17.5. The fraction of sp³-hybridized carbons (Fsp3) is 0.467. The van der Waals surface area contributed by atoms with Gasteiger partial charge in [-0.2, -0.15) is 5.26 Å². The van der Waals surface area contributed by atoms with Crippen molar-refractivity contribution in [3.63, 3.8) is 0 Å². The monoisotopic (exact) mass is 488 g/mol. The summed E-state index contributed by atoms with van der Waals surface area (Å²) >= 11 is 0. The average Bonchev–Trinajstić information content (AvgIpc) is 2.90. The van der Waals surface area contributed by atoms with E-state index in [0.29, 0.717) is 29.4 Å². The fourth-order valence-electron chi connectivity index (χ4n) is 5.26. The lowest BCUT2D eigenvalue weighted by Crippen LogP contribution is -2.26. The number of hydrogen-bond acceptors (Lipinski definition) is 6. The second-order valence-electron chi connectivity index (χ2n) is 9.79. The highest BCUT2D eigenvalue weighted by Crippen LogP contribution is 2.46. The Balaban J connectivity index is 1.54. The molecule has 1 atom stereocenters. The zero-order valence-corrected chi connectivity index (χ0v) is 21.3. The minimum absolute atomic E-state index is 0.0502. The molecule has 2 aromatic carbocycles. The number of fused-ring (bicyclic) bond motifs is 1. The Morgan fingerprint density at radius 1 is 1.08 bits per heavy atom. The van der Waals surface area contributed by atoms with Crippen molar-refractivity contribution in [1.82, 2.24) is 0 Å². The SMILES string of the molecule is CCCCC1CCC(C(=O)Oc2ccc3c(c2)OC(N)=C(C#N)C3c2ccccc2OCCC)CC1. The zero-order chi connectivity index (χ0) is 25.5. The number of nitriles is 1. The van der Waals surface area contributed by atoms with E-state index in [-0.39, 0.29) is 17.8 Å². The van der Waals surface area contributed by atoms with Gasteiger partial charge in [-0.25, -0.2) is 0 Å². The molecule has 2 aliphatic rings. The van der Waals surface area contributed by atoms with E-state index in [9.17, 15) is 10.1 Å². The molecule has 0 saturated heterocycles. The number of carbonyl (C=O) groups is 1. The van der Waals surface area contributed by atoms with Gasteiger partial charge in [0.1, 0.15) is 28.9 Å². The normalized spacial score (nSPS) is 21.2. The molecule has 1 heterocycles. The molecule has 1 aliphatic heterocycles. The highest BCUT2D eigenvalue weighted by molar-refractivity contribution is 5.75. The van der Waals surface area contributed by atoms with Crippen LogP contribution in [-0.4, -0.2) is 12.6 Å². The van der Waals surface area contributed by atoms with Crippen LogP contribution in [0.25, 0.3) is 0 Å². The smallest absolute Gasteiger partial charge is 0.314 e. The first kappa shape index (κ1) is 25.6. The molecule has 36 heavy (non-hydrogen) atoms. The summed E-state index contributed by atoms with van der Waals surface area (Å²) in [6.07, 6.45) is 8.55. The highest BCUT2D eigenvalue weighted by Gasteiger charge is 2.33. The number of nitrogens with two attached hydrogens (primary N) is 1. The van der Waals surface area contributed by atoms with Gasteiger partial charge < -0.3 is 19.9 Å². The largest absolute Gasteiger partial charge is 0.493 e. The van der Waals surface area contributed by atoms with Crippen LogP contribution in [0.2, 0.25) is 0 Å². The van der Waals surface area contributed by atoms with E-state index in [4.69, 9.17) is 19.9 Å². The van der Waals surface area contributed by atoms with Crippen molar-refractivity contribution in [3.05, 3.63) is 65.0 Å². The summed E-state index contributed by atoms with van der Waals surface area (Å²) in [5, 5.41) is 9.89. The molecule has 190 valence electrons. The van der Waals surface area contributed by atoms with Crippen molar-refractivity contribution in [2.45, 2.75) is 71.1 Å². The van der Waals surface area contributed by atoms with E-state index in [1.165, 1.54) is 19.3 Å². The van der Waals surface area contributed by atoms with Gasteiger partial charge in [0.15, 0.2) is 0 Å². The summed E-state index contributed by atoms with van der Waals surface area (Å²) in [4.78, 5) is 12.9. The van der Waals surface area contributed by atoms with Gasteiger partial charge >= 0.3 is 5.97 Å². The van der Waals surface area contributed by atoms with Crippen LogP contribution in [0.5, 0.6) is 17.2 Å². The van der Waals surface area contributed by atoms with Crippen molar-refractivity contribution in [2.24, 2.45) is 17.6 Å². The van der Waals surface area contributed by atoms with E-state index in [1.54, 1.807) is 12.1 Å². The average molecular weight is 489 g/mol. The number of esters is 1. The Kier molecular flexibility index (Phi) is 8.53. The molecule has 4 rings (SSSR count). The molecule has 0 spiro atoms. The van der Waals surface area contributed by atoms with Crippen molar-refractivity contribution >= 4 is 5.97 Å². The van der Waals surface area contributed by atoms with Gasteiger partial charge in [0, 0.05) is 17.2 Å². The lowest BCUT2D eigenvalue weighted by Gasteiger charge is -2.28. The van der Waals surface area contributed by atoms with E-state index in [2.05, 4.69) is 13.0 Å². The topological polar surface area (TPSA) is 94.6 Å². The second-order valence-corrected chi connectivity index (χ2v) is 9.79. The highest BCUT2D eigenvalue weighted by atomic mass is 16.5. The third kappa shape index (κ3) is 5.67. The van der Waals surface area contributed by atoms with Gasteiger partial charge in [-0.3, -0.25) is 4.79 Å². The van der Waals surface area contributed by atoms with Gasteiger partial charge in [0.2, 0.25) is 5.88 Å². The van der Waals surface area contributed by atoms with E-state index in [0.717, 1.165) is 49.1 Å². The van der Waals surface area contributed by atoms with E-state index < -0.39 is 5.92 Å². The van der Waals surface area contributed by atoms with Crippen molar-refractivity contribution in [2.75, 3.05) is 6.61 Å². The minimum Gasteiger partial charge on any atom is -0.493 e. The van der Waals surface area contributed by atoms with Crippen LogP contribution in [-0.2, 0) is 4.79 Å². The predicted octanol–water partition coefficient (Wildman–Crippen LogP) is 6.60. The van der Waals surface area contributed by atoms with Crippen LogP contribution in [0.1, 0.15) is 82.3 Å². The van der Waals surface area contributed by atoms with Crippen LogP contribution in [0.15, 0.2) is 53.9 Å². The maximum atomic E-state index is 12.9. The Morgan fingerprint density at radius 2 is 1.86 bits per heavy atom. The van der Waals surface area contributed by atoms with Crippen LogP contribution in [0.3, 0.4) is 0 Å². The fourth-order valence-corrected chi connectivity index (χ4v) is 5.26. The number of rotatable bonds is 9. The quantitative estimate of drug-likeness (QED) is 0.316. The molecule has 2 N–H and O–H groups in total. The van der Waals surface area contributed by atoms with Gasteiger partial charge in [-0.05, 0) is 50.2 Å². The lowest BCUT2D eigenvalue weighted by atomic mass is 9.80.